The van der Waals surface area contributed by atoms with Crippen molar-refractivity contribution in [1.29, 1.82) is 5.26 Å². The minimum Gasteiger partial charge on any atom is -0.459 e. The molecule has 4 nitrogen and oxygen atoms in total. The third-order valence-electron chi connectivity index (χ3n) is 1.29. The molecular formula is C8H8N2O2. The summed E-state index contributed by atoms with van der Waals surface area (Å²) in [6.07, 6.45) is 1.41. The third kappa shape index (κ3) is 1.86. The molecule has 1 amide bonds. The maximum absolute atomic E-state index is 11.1. The number of carbonyl (C=O) groups excluding carboxylic acids is 1. The van der Waals surface area contributed by atoms with Gasteiger partial charge in [-0.05, 0) is 19.1 Å². The quantitative estimate of drug-likeness (QED) is 0.706. The summed E-state index contributed by atoms with van der Waals surface area (Å²) in [5.41, 5.74) is 0. The Kier molecular flexibility index (Phi) is 2.49. The molecule has 1 aromatic heterocycles. The van der Waals surface area contributed by atoms with Crippen LogP contribution in [0.15, 0.2) is 22.8 Å². The summed E-state index contributed by atoms with van der Waals surface area (Å²) in [5, 5.41) is 10.8. The highest BCUT2D eigenvalue weighted by Crippen LogP contribution is 1.99. The lowest BCUT2D eigenvalue weighted by Crippen LogP contribution is -2.30. The number of nitriles is 1. The third-order valence-corrected chi connectivity index (χ3v) is 1.29. The number of nitrogens with zero attached hydrogens (tertiary/aromatic N) is 1. The molecule has 62 valence electrons. The van der Waals surface area contributed by atoms with Gasteiger partial charge in [-0.1, -0.05) is 0 Å². The molecule has 1 aromatic rings. The van der Waals surface area contributed by atoms with Crippen molar-refractivity contribution in [3.05, 3.63) is 24.2 Å². The van der Waals surface area contributed by atoms with E-state index in [-0.39, 0.29) is 11.7 Å². The van der Waals surface area contributed by atoms with Gasteiger partial charge in [-0.25, -0.2) is 0 Å². The Morgan fingerprint density at radius 3 is 3.08 bits per heavy atom. The van der Waals surface area contributed by atoms with Gasteiger partial charge in [0.2, 0.25) is 0 Å². The molecule has 1 atom stereocenters. The zero-order valence-corrected chi connectivity index (χ0v) is 6.57. The molecule has 1 rings (SSSR count). The molecule has 1 N–H and O–H groups in total. The van der Waals surface area contributed by atoms with Gasteiger partial charge in [0.1, 0.15) is 6.04 Å². The molecule has 0 radical (unpaired) electrons. The van der Waals surface area contributed by atoms with Crippen molar-refractivity contribution in [2.24, 2.45) is 0 Å². The molecule has 0 aliphatic heterocycles. The van der Waals surface area contributed by atoms with E-state index in [1.165, 1.54) is 6.26 Å². The topological polar surface area (TPSA) is 66.0 Å². The summed E-state index contributed by atoms with van der Waals surface area (Å²) in [7, 11) is 0. The van der Waals surface area contributed by atoms with Gasteiger partial charge in [0.05, 0.1) is 12.3 Å². The number of carbonyl (C=O) groups is 1. The lowest BCUT2D eigenvalue weighted by molar-refractivity contribution is 0.0920. The Balaban J connectivity index is 2.57. The normalized spacial score (nSPS) is 11.7. The zero-order valence-electron chi connectivity index (χ0n) is 6.57. The second-order valence-corrected chi connectivity index (χ2v) is 2.30. The SMILES string of the molecule is CC(C#N)NC(=O)c1ccco1. The first kappa shape index (κ1) is 8.34. The number of amides is 1. The van der Waals surface area contributed by atoms with Crippen molar-refractivity contribution in [3.63, 3.8) is 0 Å². The zero-order chi connectivity index (χ0) is 8.97. The van der Waals surface area contributed by atoms with E-state index in [4.69, 9.17) is 9.68 Å². The minimum absolute atomic E-state index is 0.220. The van der Waals surface area contributed by atoms with E-state index in [1.807, 2.05) is 6.07 Å². The average molecular weight is 164 g/mol. The predicted molar refractivity (Wildman–Crippen MR) is 41.2 cm³/mol. The van der Waals surface area contributed by atoms with Crippen LogP contribution in [-0.2, 0) is 0 Å². The number of nitrogens with one attached hydrogen (secondary N) is 1. The first-order valence-electron chi connectivity index (χ1n) is 3.48. The molecular weight excluding hydrogens is 156 g/mol. The second-order valence-electron chi connectivity index (χ2n) is 2.30. The van der Waals surface area contributed by atoms with E-state index < -0.39 is 6.04 Å². The van der Waals surface area contributed by atoms with E-state index in [0.29, 0.717) is 0 Å². The molecule has 0 aliphatic rings. The molecule has 1 heterocycles. The molecule has 0 spiro atoms. The molecule has 0 aromatic carbocycles. The predicted octanol–water partition coefficient (Wildman–Crippen LogP) is 0.921. The van der Waals surface area contributed by atoms with Gasteiger partial charge < -0.3 is 9.73 Å². The van der Waals surface area contributed by atoms with Crippen LogP contribution in [0.4, 0.5) is 0 Å². The summed E-state index contributed by atoms with van der Waals surface area (Å²) in [6.45, 7) is 1.60. The number of rotatable bonds is 2. The van der Waals surface area contributed by atoms with Crippen molar-refractivity contribution < 1.29 is 9.21 Å². The van der Waals surface area contributed by atoms with Gasteiger partial charge in [-0.15, -0.1) is 0 Å². The van der Waals surface area contributed by atoms with Crippen LogP contribution in [0.1, 0.15) is 17.5 Å². The fraction of sp³-hybridized carbons (Fsp3) is 0.250. The van der Waals surface area contributed by atoms with Gasteiger partial charge in [0.25, 0.3) is 5.91 Å². The van der Waals surface area contributed by atoms with Crippen LogP contribution in [-0.4, -0.2) is 11.9 Å². The van der Waals surface area contributed by atoms with Crippen LogP contribution in [0.3, 0.4) is 0 Å². The maximum Gasteiger partial charge on any atom is 0.288 e. The molecule has 4 heteroatoms. The Bertz CT molecular complexity index is 297. The first-order chi connectivity index (χ1) is 5.74. The fourth-order valence-corrected chi connectivity index (χ4v) is 0.708. The summed E-state index contributed by atoms with van der Waals surface area (Å²) in [6, 6.07) is 4.54. The lowest BCUT2D eigenvalue weighted by atomic mass is 10.3. The van der Waals surface area contributed by atoms with Gasteiger partial charge in [0.15, 0.2) is 5.76 Å². The highest BCUT2D eigenvalue weighted by atomic mass is 16.3. The van der Waals surface area contributed by atoms with Crippen molar-refractivity contribution >= 4 is 5.91 Å². The Morgan fingerprint density at radius 2 is 2.58 bits per heavy atom. The van der Waals surface area contributed by atoms with E-state index >= 15 is 0 Å². The van der Waals surface area contributed by atoms with Gasteiger partial charge in [-0.3, -0.25) is 4.79 Å². The minimum atomic E-state index is -0.498. The number of hydrogen-bond donors (Lipinski definition) is 1. The number of hydrogen-bond acceptors (Lipinski definition) is 3. The van der Waals surface area contributed by atoms with Gasteiger partial charge in [0, 0.05) is 0 Å². The van der Waals surface area contributed by atoms with E-state index in [1.54, 1.807) is 19.1 Å². The molecule has 1 unspecified atom stereocenters. The second kappa shape index (κ2) is 3.58. The standard InChI is InChI=1S/C8H8N2O2/c1-6(5-9)10-8(11)7-3-2-4-12-7/h2-4,6H,1H3,(H,10,11). The molecule has 12 heavy (non-hydrogen) atoms. The lowest BCUT2D eigenvalue weighted by Gasteiger charge is -2.02. The molecule has 0 saturated carbocycles. The van der Waals surface area contributed by atoms with E-state index in [2.05, 4.69) is 5.32 Å². The van der Waals surface area contributed by atoms with Gasteiger partial charge in [-0.2, -0.15) is 5.26 Å². The molecule has 0 aliphatic carbocycles. The highest BCUT2D eigenvalue weighted by molar-refractivity contribution is 5.91. The summed E-state index contributed by atoms with van der Waals surface area (Å²) >= 11 is 0. The summed E-state index contributed by atoms with van der Waals surface area (Å²) in [4.78, 5) is 11.1. The largest absolute Gasteiger partial charge is 0.459 e. The Morgan fingerprint density at radius 1 is 1.83 bits per heavy atom. The average Bonchev–Trinajstić information content (AvgIpc) is 2.56. The molecule has 0 fully saturated rings. The molecule has 0 saturated heterocycles. The fourth-order valence-electron chi connectivity index (χ4n) is 0.708. The smallest absolute Gasteiger partial charge is 0.288 e. The highest BCUT2D eigenvalue weighted by Gasteiger charge is 2.10. The molecule has 0 bridgehead atoms. The van der Waals surface area contributed by atoms with Crippen LogP contribution >= 0.6 is 0 Å². The Labute approximate surface area is 69.8 Å². The van der Waals surface area contributed by atoms with Crippen molar-refractivity contribution in [2.75, 3.05) is 0 Å². The summed E-state index contributed by atoms with van der Waals surface area (Å²) in [5.74, 6) is -0.147. The monoisotopic (exact) mass is 164 g/mol. The van der Waals surface area contributed by atoms with Crippen molar-refractivity contribution in [3.8, 4) is 6.07 Å². The number of furan rings is 1. The van der Waals surface area contributed by atoms with Crippen LogP contribution in [0.25, 0.3) is 0 Å². The van der Waals surface area contributed by atoms with Crippen LogP contribution in [0.2, 0.25) is 0 Å². The van der Waals surface area contributed by atoms with Crippen molar-refractivity contribution in [2.45, 2.75) is 13.0 Å². The summed E-state index contributed by atoms with van der Waals surface area (Å²) < 4.78 is 4.82. The van der Waals surface area contributed by atoms with E-state index in [0.717, 1.165) is 0 Å². The first-order valence-corrected chi connectivity index (χ1v) is 3.48. The van der Waals surface area contributed by atoms with Crippen LogP contribution in [0, 0.1) is 11.3 Å². The van der Waals surface area contributed by atoms with E-state index in [9.17, 15) is 4.79 Å². The maximum atomic E-state index is 11.1. The van der Waals surface area contributed by atoms with Crippen LogP contribution < -0.4 is 5.32 Å². The Hall–Kier alpha value is -1.76. The van der Waals surface area contributed by atoms with Crippen LogP contribution in [0.5, 0.6) is 0 Å². The van der Waals surface area contributed by atoms with Crippen molar-refractivity contribution in [1.82, 2.24) is 5.32 Å². The van der Waals surface area contributed by atoms with Gasteiger partial charge >= 0.3 is 0 Å².